The van der Waals surface area contributed by atoms with Crippen LogP contribution in [0.5, 0.6) is 0 Å². The van der Waals surface area contributed by atoms with E-state index in [-0.39, 0.29) is 6.04 Å². The molecule has 142 valence electrons. The van der Waals surface area contributed by atoms with Crippen LogP contribution in [0.15, 0.2) is 4.99 Å². The van der Waals surface area contributed by atoms with Gasteiger partial charge in [0.1, 0.15) is 0 Å². The number of hydrogen-bond acceptors (Lipinski definition) is 3. The van der Waals surface area contributed by atoms with Gasteiger partial charge in [-0.3, -0.25) is 9.89 Å². The van der Waals surface area contributed by atoms with Crippen LogP contribution in [-0.4, -0.2) is 80.3 Å². The van der Waals surface area contributed by atoms with Crippen molar-refractivity contribution in [3.8, 4) is 0 Å². The Labute approximate surface area is 143 Å². The third kappa shape index (κ3) is 8.73. The molecule has 0 aromatic carbocycles. The Kier molecular flexibility index (Phi) is 9.43. The highest BCUT2D eigenvalue weighted by molar-refractivity contribution is 5.80. The Morgan fingerprint density at radius 1 is 1.25 bits per heavy atom. The number of aliphatic imine (C=N–C) groups is 1. The summed E-state index contributed by atoms with van der Waals surface area (Å²) in [6.07, 6.45) is -2.44. The maximum absolute atomic E-state index is 12.4. The summed E-state index contributed by atoms with van der Waals surface area (Å²) in [6, 6.07) is 0.0212. The third-order valence-electron chi connectivity index (χ3n) is 4.16. The van der Waals surface area contributed by atoms with Gasteiger partial charge in [0.15, 0.2) is 5.96 Å². The highest BCUT2D eigenvalue weighted by Gasteiger charge is 2.34. The molecule has 0 radical (unpaired) electrons. The molecule has 0 aliphatic carbocycles. The summed E-state index contributed by atoms with van der Waals surface area (Å²) in [7, 11) is 0. The van der Waals surface area contributed by atoms with Gasteiger partial charge < -0.3 is 15.5 Å². The van der Waals surface area contributed by atoms with E-state index in [0.717, 1.165) is 32.6 Å². The quantitative estimate of drug-likeness (QED) is 0.378. The van der Waals surface area contributed by atoms with Gasteiger partial charge in [-0.05, 0) is 39.4 Å². The molecule has 0 aromatic heterocycles. The van der Waals surface area contributed by atoms with Crippen LogP contribution in [-0.2, 0) is 0 Å². The van der Waals surface area contributed by atoms with Gasteiger partial charge >= 0.3 is 6.18 Å². The first kappa shape index (κ1) is 21.0. The fourth-order valence-corrected chi connectivity index (χ4v) is 2.89. The zero-order chi connectivity index (χ0) is 18.0. The number of halogens is 3. The molecular formula is C16H32F3N5. The summed E-state index contributed by atoms with van der Waals surface area (Å²) in [5.41, 5.74) is 0. The molecular weight excluding hydrogens is 319 g/mol. The minimum atomic E-state index is -4.13. The van der Waals surface area contributed by atoms with E-state index in [1.165, 1.54) is 4.90 Å². The zero-order valence-electron chi connectivity index (χ0n) is 15.1. The number of hydrogen-bond donors (Lipinski definition) is 2. The van der Waals surface area contributed by atoms with Gasteiger partial charge in [0.25, 0.3) is 0 Å². The van der Waals surface area contributed by atoms with Gasteiger partial charge in [0.2, 0.25) is 0 Å². The van der Waals surface area contributed by atoms with E-state index < -0.39 is 12.7 Å². The fraction of sp³-hybridized carbons (Fsp3) is 0.938. The first-order valence-corrected chi connectivity index (χ1v) is 8.94. The molecule has 2 N–H and O–H groups in total. The van der Waals surface area contributed by atoms with Gasteiger partial charge in [0.05, 0.1) is 6.54 Å². The molecule has 8 heteroatoms. The molecule has 1 aliphatic heterocycles. The summed E-state index contributed by atoms with van der Waals surface area (Å²) in [6.45, 7) is 10.9. The number of nitrogens with one attached hydrogen (secondary N) is 2. The molecule has 5 nitrogen and oxygen atoms in total. The third-order valence-corrected chi connectivity index (χ3v) is 4.16. The fourth-order valence-electron chi connectivity index (χ4n) is 2.89. The molecule has 0 amide bonds. The molecule has 1 heterocycles. The molecule has 1 saturated heterocycles. The van der Waals surface area contributed by atoms with E-state index in [0.29, 0.717) is 32.0 Å². The topological polar surface area (TPSA) is 42.9 Å². The van der Waals surface area contributed by atoms with Crippen molar-refractivity contribution in [2.45, 2.75) is 45.8 Å². The first-order valence-electron chi connectivity index (χ1n) is 8.94. The highest BCUT2D eigenvalue weighted by atomic mass is 19.4. The molecule has 1 rings (SSSR count). The molecule has 24 heavy (non-hydrogen) atoms. The lowest BCUT2D eigenvalue weighted by molar-refractivity contribution is -0.143. The van der Waals surface area contributed by atoms with Crippen LogP contribution < -0.4 is 10.6 Å². The van der Waals surface area contributed by atoms with Crippen LogP contribution in [0.1, 0.15) is 33.6 Å². The summed E-state index contributed by atoms with van der Waals surface area (Å²) in [4.78, 5) is 8.34. The van der Waals surface area contributed by atoms with Crippen molar-refractivity contribution in [2.75, 3.05) is 52.4 Å². The van der Waals surface area contributed by atoms with E-state index in [2.05, 4.69) is 34.4 Å². The maximum atomic E-state index is 12.4. The van der Waals surface area contributed by atoms with Crippen molar-refractivity contribution in [3.63, 3.8) is 0 Å². The monoisotopic (exact) mass is 351 g/mol. The molecule has 0 saturated carbocycles. The number of nitrogens with zero attached hydrogens (tertiary/aromatic N) is 3. The second-order valence-corrected chi connectivity index (χ2v) is 6.12. The average molecular weight is 351 g/mol. The molecule has 1 atom stereocenters. The number of alkyl halides is 3. The van der Waals surface area contributed by atoms with E-state index >= 15 is 0 Å². The maximum Gasteiger partial charge on any atom is 0.401 e. The highest BCUT2D eigenvalue weighted by Crippen LogP contribution is 2.19. The summed E-state index contributed by atoms with van der Waals surface area (Å²) < 4.78 is 37.3. The van der Waals surface area contributed by atoms with Crippen LogP contribution >= 0.6 is 0 Å². The predicted octanol–water partition coefficient (Wildman–Crippen LogP) is 1.91. The predicted molar refractivity (Wildman–Crippen MR) is 92.4 cm³/mol. The standard InChI is InChI=1S/C16H32F3N5/c1-4-20-15(21-9-7-10-23(5-2)6-3)22-14-8-11-24(12-14)13-16(17,18)19/h14H,4-13H2,1-3H3,(H2,20,21,22). The molecule has 1 fully saturated rings. The van der Waals surface area contributed by atoms with Crippen LogP contribution in [0.2, 0.25) is 0 Å². The van der Waals surface area contributed by atoms with Crippen LogP contribution in [0.25, 0.3) is 0 Å². The van der Waals surface area contributed by atoms with Crippen LogP contribution in [0, 0.1) is 0 Å². The van der Waals surface area contributed by atoms with Crippen molar-refractivity contribution in [3.05, 3.63) is 0 Å². The molecule has 1 unspecified atom stereocenters. The van der Waals surface area contributed by atoms with Gasteiger partial charge in [-0.25, -0.2) is 0 Å². The van der Waals surface area contributed by atoms with Crippen LogP contribution in [0.4, 0.5) is 13.2 Å². The van der Waals surface area contributed by atoms with Crippen molar-refractivity contribution in [2.24, 2.45) is 4.99 Å². The lowest BCUT2D eigenvalue weighted by Gasteiger charge is -2.20. The Morgan fingerprint density at radius 2 is 1.96 bits per heavy atom. The SMILES string of the molecule is CCNC(=NCCCN(CC)CC)NC1CCN(CC(F)(F)F)C1. The van der Waals surface area contributed by atoms with E-state index in [4.69, 9.17) is 0 Å². The normalized spacial score (nSPS) is 20.0. The van der Waals surface area contributed by atoms with Gasteiger partial charge in [-0.2, -0.15) is 13.2 Å². The van der Waals surface area contributed by atoms with Crippen molar-refractivity contribution in [1.29, 1.82) is 0 Å². The van der Waals surface area contributed by atoms with Gasteiger partial charge in [-0.15, -0.1) is 0 Å². The van der Waals surface area contributed by atoms with Crippen molar-refractivity contribution < 1.29 is 13.2 Å². The molecule has 0 bridgehead atoms. The Morgan fingerprint density at radius 3 is 2.54 bits per heavy atom. The lowest BCUT2D eigenvalue weighted by atomic mass is 10.3. The van der Waals surface area contributed by atoms with E-state index in [1.807, 2.05) is 6.92 Å². The number of likely N-dealkylation sites (tertiary alicyclic amines) is 1. The smallest absolute Gasteiger partial charge is 0.357 e. The number of rotatable bonds is 9. The summed E-state index contributed by atoms with van der Waals surface area (Å²) in [5, 5.41) is 6.44. The molecule has 1 aliphatic rings. The second-order valence-electron chi connectivity index (χ2n) is 6.12. The van der Waals surface area contributed by atoms with Gasteiger partial charge in [-0.1, -0.05) is 13.8 Å². The largest absolute Gasteiger partial charge is 0.401 e. The number of guanidine groups is 1. The first-order chi connectivity index (χ1) is 11.4. The van der Waals surface area contributed by atoms with Crippen LogP contribution in [0.3, 0.4) is 0 Å². The van der Waals surface area contributed by atoms with E-state index in [9.17, 15) is 13.2 Å². The van der Waals surface area contributed by atoms with Crippen molar-refractivity contribution in [1.82, 2.24) is 20.4 Å². The molecule has 0 spiro atoms. The zero-order valence-corrected chi connectivity index (χ0v) is 15.1. The Hall–Kier alpha value is -1.02. The van der Waals surface area contributed by atoms with Crippen molar-refractivity contribution >= 4 is 5.96 Å². The van der Waals surface area contributed by atoms with Gasteiger partial charge in [0, 0.05) is 32.2 Å². The van der Waals surface area contributed by atoms with E-state index in [1.54, 1.807) is 0 Å². The summed E-state index contributed by atoms with van der Waals surface area (Å²) in [5.74, 6) is 0.705. The minimum Gasteiger partial charge on any atom is -0.357 e. The average Bonchev–Trinajstić information content (AvgIpc) is 2.92. The summed E-state index contributed by atoms with van der Waals surface area (Å²) >= 11 is 0. The molecule has 0 aromatic rings. The minimum absolute atomic E-state index is 0.0212. The second kappa shape index (κ2) is 10.8. The Balaban J connectivity index is 2.38. The lowest BCUT2D eigenvalue weighted by Crippen LogP contribution is -2.45. The Bertz CT molecular complexity index is 369.